The number of hydrogen-bond acceptors (Lipinski definition) is 4. The molecule has 116 valence electrons. The topological polar surface area (TPSA) is 37.4 Å². The number of nitrogens with zero attached hydrogens (tertiary/aromatic N) is 2. The third-order valence-corrected chi connectivity index (χ3v) is 4.66. The van der Waals surface area contributed by atoms with Crippen molar-refractivity contribution >= 4 is 0 Å². The molecule has 2 fully saturated rings. The zero-order valence-corrected chi connectivity index (χ0v) is 13.1. The van der Waals surface area contributed by atoms with Crippen LogP contribution in [0.3, 0.4) is 0 Å². The van der Waals surface area contributed by atoms with Crippen molar-refractivity contribution in [3.05, 3.63) is 30.1 Å². The van der Waals surface area contributed by atoms with Crippen LogP contribution in [0.4, 0.5) is 0 Å². The van der Waals surface area contributed by atoms with Crippen LogP contribution in [0.5, 0.6) is 0 Å². The van der Waals surface area contributed by atoms with E-state index in [2.05, 4.69) is 34.4 Å². The highest BCUT2D eigenvalue weighted by atomic mass is 16.5. The lowest BCUT2D eigenvalue weighted by atomic mass is 9.79. The maximum atomic E-state index is 5.59. The van der Waals surface area contributed by atoms with Gasteiger partial charge in [-0.05, 0) is 50.3 Å². The second kappa shape index (κ2) is 6.86. The van der Waals surface area contributed by atoms with E-state index in [1.807, 2.05) is 12.3 Å². The van der Waals surface area contributed by atoms with E-state index in [4.69, 9.17) is 4.74 Å². The average molecular weight is 289 g/mol. The molecule has 2 aliphatic rings. The number of pyridine rings is 1. The fourth-order valence-corrected chi connectivity index (χ4v) is 3.24. The third kappa shape index (κ3) is 4.50. The molecule has 1 saturated carbocycles. The highest BCUT2D eigenvalue weighted by Gasteiger charge is 2.35. The van der Waals surface area contributed by atoms with Gasteiger partial charge in [0.25, 0.3) is 0 Å². The maximum Gasteiger partial charge on any atom is 0.0543 e. The summed E-state index contributed by atoms with van der Waals surface area (Å²) >= 11 is 0. The molecule has 1 aromatic rings. The standard InChI is InChI=1S/C17H27N3O/c1-20(12-16-4-2-3-9-18-16)14-17(7-10-21-11-8-17)13-19-15-5-6-15/h2-4,9,15,19H,5-8,10-14H2,1H3. The zero-order valence-electron chi connectivity index (χ0n) is 13.1. The Morgan fingerprint density at radius 3 is 2.81 bits per heavy atom. The SMILES string of the molecule is CN(Cc1ccccn1)CC1(CNC2CC2)CCOCC1. The van der Waals surface area contributed by atoms with E-state index in [0.29, 0.717) is 5.41 Å². The molecule has 3 rings (SSSR count). The van der Waals surface area contributed by atoms with Crippen molar-refractivity contribution in [2.24, 2.45) is 5.41 Å². The predicted octanol–water partition coefficient (Wildman–Crippen LogP) is 2.06. The average Bonchev–Trinajstić information content (AvgIpc) is 3.31. The summed E-state index contributed by atoms with van der Waals surface area (Å²) in [4.78, 5) is 6.86. The van der Waals surface area contributed by atoms with Crippen LogP contribution < -0.4 is 5.32 Å². The number of rotatable bonds is 7. The summed E-state index contributed by atoms with van der Waals surface area (Å²) in [5.41, 5.74) is 1.52. The van der Waals surface area contributed by atoms with Crippen molar-refractivity contribution in [3.63, 3.8) is 0 Å². The lowest BCUT2D eigenvalue weighted by Gasteiger charge is -2.40. The molecule has 0 aromatic carbocycles. The third-order valence-electron chi connectivity index (χ3n) is 4.66. The molecule has 1 aliphatic heterocycles. The van der Waals surface area contributed by atoms with Crippen LogP contribution in [0.25, 0.3) is 0 Å². The molecule has 21 heavy (non-hydrogen) atoms. The summed E-state index contributed by atoms with van der Waals surface area (Å²) in [6, 6.07) is 6.93. The van der Waals surface area contributed by atoms with E-state index in [0.717, 1.165) is 44.6 Å². The van der Waals surface area contributed by atoms with Gasteiger partial charge in [0.1, 0.15) is 0 Å². The summed E-state index contributed by atoms with van der Waals surface area (Å²) in [7, 11) is 2.21. The number of nitrogens with one attached hydrogen (secondary N) is 1. The van der Waals surface area contributed by atoms with Crippen LogP contribution in [0.1, 0.15) is 31.4 Å². The second-order valence-corrected chi connectivity index (χ2v) is 6.76. The van der Waals surface area contributed by atoms with E-state index in [1.54, 1.807) is 0 Å². The highest BCUT2D eigenvalue weighted by Crippen LogP contribution is 2.32. The van der Waals surface area contributed by atoms with Crippen LogP contribution in [0.15, 0.2) is 24.4 Å². The first kappa shape index (κ1) is 14.9. The van der Waals surface area contributed by atoms with Crippen molar-refractivity contribution in [2.45, 2.75) is 38.3 Å². The summed E-state index contributed by atoms with van der Waals surface area (Å²) in [6.45, 7) is 4.99. The summed E-state index contributed by atoms with van der Waals surface area (Å²) < 4.78 is 5.59. The highest BCUT2D eigenvalue weighted by molar-refractivity contribution is 5.03. The van der Waals surface area contributed by atoms with Gasteiger partial charge in [0, 0.05) is 45.1 Å². The van der Waals surface area contributed by atoms with Crippen molar-refractivity contribution in [3.8, 4) is 0 Å². The molecule has 1 N–H and O–H groups in total. The monoisotopic (exact) mass is 289 g/mol. The van der Waals surface area contributed by atoms with Gasteiger partial charge in [0.15, 0.2) is 0 Å². The van der Waals surface area contributed by atoms with Gasteiger partial charge in [0.2, 0.25) is 0 Å². The molecule has 0 radical (unpaired) electrons. The Morgan fingerprint density at radius 2 is 2.14 bits per heavy atom. The molecule has 4 nitrogen and oxygen atoms in total. The van der Waals surface area contributed by atoms with Gasteiger partial charge >= 0.3 is 0 Å². The van der Waals surface area contributed by atoms with Crippen molar-refractivity contribution in [2.75, 3.05) is 33.4 Å². The van der Waals surface area contributed by atoms with E-state index >= 15 is 0 Å². The van der Waals surface area contributed by atoms with E-state index < -0.39 is 0 Å². The Balaban J connectivity index is 1.57. The Labute approximate surface area is 127 Å². The largest absolute Gasteiger partial charge is 0.381 e. The molecule has 2 heterocycles. The van der Waals surface area contributed by atoms with Gasteiger partial charge in [0.05, 0.1) is 5.69 Å². The molecule has 1 aliphatic carbocycles. The Kier molecular flexibility index (Phi) is 4.88. The lowest BCUT2D eigenvalue weighted by molar-refractivity contribution is -0.00196. The lowest BCUT2D eigenvalue weighted by Crippen LogP contribution is -2.46. The fourth-order valence-electron chi connectivity index (χ4n) is 3.24. The minimum Gasteiger partial charge on any atom is -0.381 e. The summed E-state index contributed by atoms with van der Waals surface area (Å²) in [5.74, 6) is 0. The normalized spacial score (nSPS) is 21.6. The van der Waals surface area contributed by atoms with E-state index in [-0.39, 0.29) is 0 Å². The van der Waals surface area contributed by atoms with Gasteiger partial charge in [-0.3, -0.25) is 9.88 Å². The fraction of sp³-hybridized carbons (Fsp3) is 0.706. The molecule has 0 spiro atoms. The van der Waals surface area contributed by atoms with E-state index in [9.17, 15) is 0 Å². The second-order valence-electron chi connectivity index (χ2n) is 6.76. The Morgan fingerprint density at radius 1 is 1.33 bits per heavy atom. The Bertz CT molecular complexity index is 427. The predicted molar refractivity (Wildman–Crippen MR) is 84.1 cm³/mol. The van der Waals surface area contributed by atoms with Gasteiger partial charge in [-0.2, -0.15) is 0 Å². The molecule has 0 unspecified atom stereocenters. The number of aromatic nitrogens is 1. The van der Waals surface area contributed by atoms with Gasteiger partial charge in [-0.15, -0.1) is 0 Å². The first-order chi connectivity index (χ1) is 10.3. The molecule has 0 atom stereocenters. The summed E-state index contributed by atoms with van der Waals surface area (Å²) in [6.07, 6.45) is 6.92. The van der Waals surface area contributed by atoms with Crippen molar-refractivity contribution < 1.29 is 4.74 Å². The maximum absolute atomic E-state index is 5.59. The molecule has 0 amide bonds. The number of ether oxygens (including phenoxy) is 1. The van der Waals surface area contributed by atoms with Crippen molar-refractivity contribution in [1.29, 1.82) is 0 Å². The molecule has 0 bridgehead atoms. The Hall–Kier alpha value is -0.970. The van der Waals surface area contributed by atoms with Crippen LogP contribution in [-0.4, -0.2) is 49.3 Å². The van der Waals surface area contributed by atoms with E-state index in [1.165, 1.54) is 25.7 Å². The minimum atomic E-state index is 0.365. The molecule has 1 saturated heterocycles. The first-order valence-corrected chi connectivity index (χ1v) is 8.15. The van der Waals surface area contributed by atoms with Crippen LogP contribution in [0.2, 0.25) is 0 Å². The first-order valence-electron chi connectivity index (χ1n) is 8.15. The smallest absolute Gasteiger partial charge is 0.0543 e. The molecular weight excluding hydrogens is 262 g/mol. The zero-order chi connectivity index (χ0) is 14.5. The van der Waals surface area contributed by atoms with Crippen LogP contribution >= 0.6 is 0 Å². The molecular formula is C17H27N3O. The molecule has 4 heteroatoms. The number of hydrogen-bond donors (Lipinski definition) is 1. The van der Waals surface area contributed by atoms with Gasteiger partial charge in [-0.1, -0.05) is 6.07 Å². The minimum absolute atomic E-state index is 0.365. The molecule has 1 aromatic heterocycles. The van der Waals surface area contributed by atoms with Crippen LogP contribution in [-0.2, 0) is 11.3 Å². The van der Waals surface area contributed by atoms with Gasteiger partial charge < -0.3 is 10.1 Å². The summed E-state index contributed by atoms with van der Waals surface area (Å²) in [5, 5.41) is 3.74. The quantitative estimate of drug-likeness (QED) is 0.834. The van der Waals surface area contributed by atoms with Crippen molar-refractivity contribution in [1.82, 2.24) is 15.2 Å². The van der Waals surface area contributed by atoms with Gasteiger partial charge in [-0.25, -0.2) is 0 Å². The van der Waals surface area contributed by atoms with Crippen LogP contribution in [0, 0.1) is 5.41 Å².